The van der Waals surface area contributed by atoms with Crippen LogP contribution in [0.1, 0.15) is 30.9 Å². The van der Waals surface area contributed by atoms with Crippen molar-refractivity contribution in [2.45, 2.75) is 31.9 Å². The van der Waals surface area contributed by atoms with Gasteiger partial charge in [-0.3, -0.25) is 4.90 Å². The fraction of sp³-hybridized carbons (Fsp3) is 0.533. The van der Waals surface area contributed by atoms with Gasteiger partial charge in [-0.25, -0.2) is 0 Å². The van der Waals surface area contributed by atoms with Crippen LogP contribution >= 0.6 is 12.2 Å². The maximum Gasteiger partial charge on any atom is 0.123 e. The molecule has 0 aromatic heterocycles. The summed E-state index contributed by atoms with van der Waals surface area (Å²) >= 11 is 5.03. The summed E-state index contributed by atoms with van der Waals surface area (Å²) in [4.78, 5) is 2.63. The van der Waals surface area contributed by atoms with Gasteiger partial charge in [0, 0.05) is 24.2 Å². The lowest BCUT2D eigenvalue weighted by Gasteiger charge is -2.37. The Labute approximate surface area is 125 Å². The SMILES string of the molecule is COc1ccc(C(N)=S)cc1CN1CCCC(C)(O)C1. The van der Waals surface area contributed by atoms with Gasteiger partial charge >= 0.3 is 0 Å². The Morgan fingerprint density at radius 2 is 2.30 bits per heavy atom. The van der Waals surface area contributed by atoms with Crippen LogP contribution in [-0.2, 0) is 6.54 Å². The molecule has 20 heavy (non-hydrogen) atoms. The third-order valence-corrected chi connectivity index (χ3v) is 3.95. The van der Waals surface area contributed by atoms with E-state index in [1.54, 1.807) is 7.11 Å². The van der Waals surface area contributed by atoms with E-state index in [9.17, 15) is 5.11 Å². The zero-order chi connectivity index (χ0) is 14.8. The summed E-state index contributed by atoms with van der Waals surface area (Å²) in [5, 5.41) is 10.2. The fourth-order valence-corrected chi connectivity index (χ4v) is 2.88. The molecule has 1 unspecified atom stereocenters. The Balaban J connectivity index is 2.18. The Kier molecular flexibility index (Phi) is 4.62. The summed E-state index contributed by atoms with van der Waals surface area (Å²) in [6, 6.07) is 5.74. The fourth-order valence-electron chi connectivity index (χ4n) is 2.75. The van der Waals surface area contributed by atoms with Gasteiger partial charge < -0.3 is 15.6 Å². The number of aliphatic hydroxyl groups is 1. The Hall–Kier alpha value is -1.17. The van der Waals surface area contributed by atoms with Crippen molar-refractivity contribution in [3.8, 4) is 5.75 Å². The molecular formula is C15H22N2O2S. The van der Waals surface area contributed by atoms with Crippen molar-refractivity contribution in [2.24, 2.45) is 5.73 Å². The number of thiocarbonyl (C=S) groups is 1. The lowest BCUT2D eigenvalue weighted by atomic mass is 9.94. The average molecular weight is 294 g/mol. The highest BCUT2D eigenvalue weighted by Gasteiger charge is 2.28. The van der Waals surface area contributed by atoms with Crippen LogP contribution in [0.3, 0.4) is 0 Å². The maximum atomic E-state index is 10.2. The molecule has 1 aliphatic rings. The van der Waals surface area contributed by atoms with E-state index in [0.717, 1.165) is 42.8 Å². The molecule has 0 bridgehead atoms. The standard InChI is InChI=1S/C15H22N2O2S/c1-15(18)6-3-7-17(10-15)9-12-8-11(14(16)20)4-5-13(12)19-2/h4-5,8,18H,3,6-7,9-10H2,1-2H3,(H2,16,20). The van der Waals surface area contributed by atoms with Gasteiger partial charge in [0.1, 0.15) is 10.7 Å². The number of rotatable bonds is 4. The van der Waals surface area contributed by atoms with Crippen LogP contribution in [-0.4, -0.2) is 40.8 Å². The van der Waals surface area contributed by atoms with Crippen LogP contribution in [0.5, 0.6) is 5.75 Å². The molecule has 1 aromatic rings. The molecular weight excluding hydrogens is 272 g/mol. The number of β-amino-alcohol motifs (C(OH)–C–C–N with tert-alkyl or cyclic N) is 1. The maximum absolute atomic E-state index is 10.2. The Bertz CT molecular complexity index is 503. The summed E-state index contributed by atoms with van der Waals surface area (Å²) in [7, 11) is 1.66. The van der Waals surface area contributed by atoms with Gasteiger partial charge in [0.05, 0.1) is 12.7 Å². The molecule has 3 N–H and O–H groups in total. The normalized spacial score (nSPS) is 23.6. The number of piperidine rings is 1. The summed E-state index contributed by atoms with van der Waals surface area (Å²) in [6.07, 6.45) is 1.86. The molecule has 110 valence electrons. The van der Waals surface area contributed by atoms with Crippen molar-refractivity contribution in [1.29, 1.82) is 0 Å². The van der Waals surface area contributed by atoms with E-state index in [2.05, 4.69) is 4.90 Å². The highest BCUT2D eigenvalue weighted by atomic mass is 32.1. The second-order valence-electron chi connectivity index (χ2n) is 5.70. The van der Waals surface area contributed by atoms with Crippen molar-refractivity contribution in [1.82, 2.24) is 4.90 Å². The number of nitrogens with two attached hydrogens (primary N) is 1. The topological polar surface area (TPSA) is 58.7 Å². The lowest BCUT2D eigenvalue weighted by molar-refractivity contribution is -0.0183. The zero-order valence-electron chi connectivity index (χ0n) is 12.1. The number of benzene rings is 1. The number of nitrogens with zero attached hydrogens (tertiary/aromatic N) is 1. The van der Waals surface area contributed by atoms with Gasteiger partial charge in [0.25, 0.3) is 0 Å². The summed E-state index contributed by atoms with van der Waals surface area (Å²) < 4.78 is 5.40. The van der Waals surface area contributed by atoms with Gasteiger partial charge in [-0.2, -0.15) is 0 Å². The van der Waals surface area contributed by atoms with Gasteiger partial charge in [-0.05, 0) is 44.5 Å². The van der Waals surface area contributed by atoms with Crippen molar-refractivity contribution in [2.75, 3.05) is 20.2 Å². The first-order valence-corrected chi connectivity index (χ1v) is 7.23. The highest BCUT2D eigenvalue weighted by Crippen LogP contribution is 2.26. The van der Waals surface area contributed by atoms with E-state index < -0.39 is 5.60 Å². The first kappa shape index (κ1) is 15.2. The van der Waals surface area contributed by atoms with Crippen molar-refractivity contribution >= 4 is 17.2 Å². The summed E-state index contributed by atoms with van der Waals surface area (Å²) in [5.74, 6) is 0.829. The minimum Gasteiger partial charge on any atom is -0.496 e. The van der Waals surface area contributed by atoms with Gasteiger partial charge in [-0.15, -0.1) is 0 Å². The molecule has 1 saturated heterocycles. The quantitative estimate of drug-likeness (QED) is 0.827. The smallest absolute Gasteiger partial charge is 0.123 e. The van der Waals surface area contributed by atoms with E-state index >= 15 is 0 Å². The molecule has 0 aliphatic carbocycles. The second kappa shape index (κ2) is 6.08. The van der Waals surface area contributed by atoms with Crippen LogP contribution in [0.4, 0.5) is 0 Å². The van der Waals surface area contributed by atoms with E-state index in [1.165, 1.54) is 0 Å². The van der Waals surface area contributed by atoms with Gasteiger partial charge in [0.2, 0.25) is 0 Å². The van der Waals surface area contributed by atoms with E-state index in [0.29, 0.717) is 11.5 Å². The minimum absolute atomic E-state index is 0.388. The van der Waals surface area contributed by atoms with E-state index in [1.807, 2.05) is 25.1 Å². The molecule has 0 spiro atoms. The van der Waals surface area contributed by atoms with Crippen molar-refractivity contribution < 1.29 is 9.84 Å². The minimum atomic E-state index is -0.605. The number of hydrogen-bond acceptors (Lipinski definition) is 4. The molecule has 4 nitrogen and oxygen atoms in total. The third kappa shape index (κ3) is 3.69. The molecule has 5 heteroatoms. The molecule has 1 heterocycles. The van der Waals surface area contributed by atoms with Crippen LogP contribution in [0.25, 0.3) is 0 Å². The molecule has 1 fully saturated rings. The molecule has 0 saturated carbocycles. The molecule has 1 aromatic carbocycles. The van der Waals surface area contributed by atoms with Gasteiger partial charge in [-0.1, -0.05) is 12.2 Å². The lowest BCUT2D eigenvalue weighted by Crippen LogP contribution is -2.45. The van der Waals surface area contributed by atoms with E-state index in [-0.39, 0.29) is 0 Å². The van der Waals surface area contributed by atoms with E-state index in [4.69, 9.17) is 22.7 Å². The van der Waals surface area contributed by atoms with Gasteiger partial charge in [0.15, 0.2) is 0 Å². The number of ether oxygens (including phenoxy) is 1. The number of methoxy groups -OCH3 is 1. The number of hydrogen-bond donors (Lipinski definition) is 2. The van der Waals surface area contributed by atoms with Crippen LogP contribution in [0.15, 0.2) is 18.2 Å². The first-order valence-electron chi connectivity index (χ1n) is 6.83. The summed E-state index contributed by atoms with van der Waals surface area (Å²) in [5.41, 5.74) is 6.98. The van der Waals surface area contributed by atoms with Crippen molar-refractivity contribution in [3.05, 3.63) is 29.3 Å². The third-order valence-electron chi connectivity index (χ3n) is 3.71. The number of likely N-dealkylation sites (tertiary alicyclic amines) is 1. The predicted octanol–water partition coefficient (Wildman–Crippen LogP) is 1.68. The first-order chi connectivity index (χ1) is 9.41. The van der Waals surface area contributed by atoms with Crippen LogP contribution < -0.4 is 10.5 Å². The zero-order valence-corrected chi connectivity index (χ0v) is 12.9. The molecule has 1 aliphatic heterocycles. The largest absolute Gasteiger partial charge is 0.496 e. The molecule has 0 amide bonds. The van der Waals surface area contributed by atoms with Crippen LogP contribution in [0, 0.1) is 0 Å². The Morgan fingerprint density at radius 3 is 2.90 bits per heavy atom. The summed E-state index contributed by atoms with van der Waals surface area (Å²) in [6.45, 7) is 4.28. The second-order valence-corrected chi connectivity index (χ2v) is 6.14. The van der Waals surface area contributed by atoms with Crippen LogP contribution in [0.2, 0.25) is 0 Å². The molecule has 0 radical (unpaired) electrons. The monoisotopic (exact) mass is 294 g/mol. The molecule has 1 atom stereocenters. The predicted molar refractivity (Wildman–Crippen MR) is 84.0 cm³/mol. The Morgan fingerprint density at radius 1 is 1.55 bits per heavy atom. The van der Waals surface area contributed by atoms with Crippen molar-refractivity contribution in [3.63, 3.8) is 0 Å². The average Bonchev–Trinajstić information content (AvgIpc) is 2.37. The highest BCUT2D eigenvalue weighted by molar-refractivity contribution is 7.80. The molecule has 2 rings (SSSR count).